The third-order valence-corrected chi connectivity index (χ3v) is 12.8. The highest BCUT2D eigenvalue weighted by Gasteiger charge is 2.91. The fraction of sp³-hybridized carbons (Fsp3) is 0.781. The first-order chi connectivity index (χ1) is 20.6. The fourth-order valence-corrected chi connectivity index (χ4v) is 12.1. The Kier molecular flexibility index (Phi) is 6.92. The number of ether oxygens (including phenoxy) is 6. The topological polar surface area (TPSA) is 136 Å². The summed E-state index contributed by atoms with van der Waals surface area (Å²) in [6.07, 6.45) is -4.14. The maximum atomic E-state index is 13.6. The maximum absolute atomic E-state index is 13.6. The third kappa shape index (κ3) is 3.28. The standard InChI is InChI=1S/C32H45NO10/c1-33-14-29(15-38-2)18(34)12-19(39-3)31-17-13-30(36)25(43-28(35)16-10-8-7-9-11-16)20(17)32(37,27(42-6)26(30)41-5)21(24(31)33)22(40-4)23(29)31/h7-11,17-27,34,36-37H,12-15H2,1-6H3/t17-,18-,19+,20-,21+,22+,23-,24-,25-,26+,27+,29+,30-,31+,32-/m1/s1. The molecule has 7 bridgehead atoms. The summed E-state index contributed by atoms with van der Waals surface area (Å²) >= 11 is 0. The number of likely N-dealkylation sites (tertiary alicyclic amines) is 1. The number of fused-ring (bicyclic) bond motifs is 2. The number of hydrogen-bond acceptors (Lipinski definition) is 11. The van der Waals surface area contributed by atoms with Gasteiger partial charge in [-0.25, -0.2) is 4.79 Å². The Labute approximate surface area is 252 Å². The second-order valence-electron chi connectivity index (χ2n) is 13.9. The number of piperidine rings is 1. The fourth-order valence-electron chi connectivity index (χ4n) is 12.1. The molecule has 11 heteroatoms. The van der Waals surface area contributed by atoms with Crippen LogP contribution < -0.4 is 0 Å². The number of aliphatic hydroxyl groups excluding tert-OH is 1. The average Bonchev–Trinajstić information content (AvgIpc) is 3.40. The number of carbonyl (C=O) groups is 1. The van der Waals surface area contributed by atoms with Crippen molar-refractivity contribution in [2.24, 2.45) is 34.5 Å². The molecule has 1 aliphatic heterocycles. The Morgan fingerprint density at radius 1 is 0.953 bits per heavy atom. The molecule has 0 aromatic heterocycles. The molecule has 15 atom stereocenters. The van der Waals surface area contributed by atoms with E-state index in [4.69, 9.17) is 28.4 Å². The first-order valence-electron chi connectivity index (χ1n) is 15.3. The molecule has 1 aromatic rings. The normalized spacial score (nSPS) is 52.7. The lowest BCUT2D eigenvalue weighted by Gasteiger charge is -2.69. The van der Waals surface area contributed by atoms with Crippen LogP contribution >= 0.6 is 0 Å². The van der Waals surface area contributed by atoms with E-state index in [1.807, 2.05) is 13.1 Å². The maximum Gasteiger partial charge on any atom is 0.338 e. The lowest BCUT2D eigenvalue weighted by Crippen LogP contribution is -2.81. The molecule has 3 N–H and O–H groups in total. The molecule has 5 aliphatic carbocycles. The molecule has 1 heterocycles. The van der Waals surface area contributed by atoms with E-state index < -0.39 is 82.4 Å². The van der Waals surface area contributed by atoms with Crippen LogP contribution in [0.1, 0.15) is 23.2 Å². The van der Waals surface area contributed by atoms with Gasteiger partial charge in [0.05, 0.1) is 30.5 Å². The van der Waals surface area contributed by atoms with Gasteiger partial charge in [0.2, 0.25) is 0 Å². The first kappa shape index (κ1) is 30.0. The minimum absolute atomic E-state index is 0.189. The van der Waals surface area contributed by atoms with E-state index in [0.29, 0.717) is 25.1 Å². The number of aliphatic hydroxyl groups is 3. The van der Waals surface area contributed by atoms with Crippen molar-refractivity contribution in [2.45, 2.75) is 66.7 Å². The molecular weight excluding hydrogens is 558 g/mol. The van der Waals surface area contributed by atoms with Gasteiger partial charge in [-0.15, -0.1) is 0 Å². The number of carbonyl (C=O) groups excluding carboxylic acids is 1. The van der Waals surface area contributed by atoms with Gasteiger partial charge in [0, 0.05) is 83.1 Å². The van der Waals surface area contributed by atoms with Gasteiger partial charge in [-0.2, -0.15) is 0 Å². The summed E-state index contributed by atoms with van der Waals surface area (Å²) in [6.45, 7) is 0.836. The summed E-state index contributed by atoms with van der Waals surface area (Å²) in [7, 11) is 10.0. The molecule has 0 amide bonds. The van der Waals surface area contributed by atoms with Crippen molar-refractivity contribution < 1.29 is 48.5 Å². The van der Waals surface area contributed by atoms with E-state index in [-0.39, 0.29) is 18.4 Å². The Balaban J connectivity index is 1.48. The quantitative estimate of drug-likeness (QED) is 0.355. The Morgan fingerprint density at radius 2 is 1.65 bits per heavy atom. The van der Waals surface area contributed by atoms with Crippen molar-refractivity contribution in [2.75, 3.05) is 55.7 Å². The van der Waals surface area contributed by atoms with Crippen LogP contribution in [0.5, 0.6) is 0 Å². The minimum Gasteiger partial charge on any atom is -0.455 e. The van der Waals surface area contributed by atoms with Crippen LogP contribution in [-0.2, 0) is 28.4 Å². The molecule has 1 saturated heterocycles. The zero-order valence-corrected chi connectivity index (χ0v) is 25.7. The van der Waals surface area contributed by atoms with E-state index in [1.54, 1.807) is 45.6 Å². The smallest absolute Gasteiger partial charge is 0.338 e. The van der Waals surface area contributed by atoms with Gasteiger partial charge < -0.3 is 48.6 Å². The summed E-state index contributed by atoms with van der Waals surface area (Å²) in [5.74, 6) is -2.51. The van der Waals surface area contributed by atoms with Crippen molar-refractivity contribution in [3.8, 4) is 0 Å². The number of rotatable bonds is 8. The van der Waals surface area contributed by atoms with Crippen LogP contribution in [0.3, 0.4) is 0 Å². The van der Waals surface area contributed by atoms with Crippen LogP contribution in [0.4, 0.5) is 0 Å². The first-order valence-corrected chi connectivity index (χ1v) is 15.3. The third-order valence-electron chi connectivity index (χ3n) is 12.8. The summed E-state index contributed by atoms with van der Waals surface area (Å²) < 4.78 is 36.9. The molecule has 1 aromatic carbocycles. The average molecular weight is 604 g/mol. The van der Waals surface area contributed by atoms with Gasteiger partial charge in [-0.3, -0.25) is 0 Å². The largest absolute Gasteiger partial charge is 0.455 e. The highest BCUT2D eigenvalue weighted by atomic mass is 16.6. The van der Waals surface area contributed by atoms with Gasteiger partial charge in [0.1, 0.15) is 29.5 Å². The summed E-state index contributed by atoms with van der Waals surface area (Å²) in [5.41, 5.74) is -4.33. The van der Waals surface area contributed by atoms with Crippen molar-refractivity contribution in [3.05, 3.63) is 35.9 Å². The monoisotopic (exact) mass is 603 g/mol. The molecule has 7 rings (SSSR count). The minimum atomic E-state index is -1.66. The molecule has 238 valence electrons. The van der Waals surface area contributed by atoms with Gasteiger partial charge in [0.15, 0.2) is 0 Å². The van der Waals surface area contributed by atoms with Gasteiger partial charge >= 0.3 is 5.97 Å². The van der Waals surface area contributed by atoms with Crippen molar-refractivity contribution in [1.82, 2.24) is 4.90 Å². The molecule has 6 fully saturated rings. The number of esters is 1. The molecule has 43 heavy (non-hydrogen) atoms. The molecule has 0 unspecified atom stereocenters. The zero-order valence-electron chi connectivity index (χ0n) is 25.7. The predicted octanol–water partition coefficient (Wildman–Crippen LogP) is 0.341. The van der Waals surface area contributed by atoms with Crippen LogP contribution in [0, 0.1) is 34.5 Å². The van der Waals surface area contributed by atoms with E-state index in [0.717, 1.165) is 0 Å². The van der Waals surface area contributed by atoms with E-state index in [2.05, 4.69) is 4.90 Å². The van der Waals surface area contributed by atoms with Gasteiger partial charge in [-0.1, -0.05) is 18.2 Å². The van der Waals surface area contributed by atoms with Crippen molar-refractivity contribution in [3.63, 3.8) is 0 Å². The number of nitrogens with zero attached hydrogens (tertiary/aromatic N) is 1. The lowest BCUT2D eigenvalue weighted by molar-refractivity contribution is -0.321. The van der Waals surface area contributed by atoms with Gasteiger partial charge in [-0.05, 0) is 31.5 Å². The summed E-state index contributed by atoms with van der Waals surface area (Å²) in [4.78, 5) is 15.8. The highest BCUT2D eigenvalue weighted by Crippen LogP contribution is 2.80. The summed E-state index contributed by atoms with van der Waals surface area (Å²) in [5, 5.41) is 37.9. The van der Waals surface area contributed by atoms with E-state index >= 15 is 0 Å². The predicted molar refractivity (Wildman–Crippen MR) is 151 cm³/mol. The van der Waals surface area contributed by atoms with Crippen LogP contribution in [0.2, 0.25) is 0 Å². The molecule has 11 nitrogen and oxygen atoms in total. The molecule has 5 saturated carbocycles. The molecule has 6 aliphatic rings. The Hall–Kier alpha value is -1.67. The van der Waals surface area contributed by atoms with E-state index in [1.165, 1.54) is 14.2 Å². The van der Waals surface area contributed by atoms with E-state index in [9.17, 15) is 20.1 Å². The van der Waals surface area contributed by atoms with Crippen LogP contribution in [0.15, 0.2) is 30.3 Å². The zero-order chi connectivity index (χ0) is 30.7. The number of hydrogen-bond donors (Lipinski definition) is 3. The van der Waals surface area contributed by atoms with Crippen LogP contribution in [-0.4, -0.2) is 136 Å². The Morgan fingerprint density at radius 3 is 2.26 bits per heavy atom. The van der Waals surface area contributed by atoms with Gasteiger partial charge in [0.25, 0.3) is 0 Å². The second-order valence-corrected chi connectivity index (χ2v) is 13.9. The number of benzene rings is 1. The summed E-state index contributed by atoms with van der Waals surface area (Å²) in [6, 6.07) is 8.43. The Bertz CT molecular complexity index is 1250. The lowest BCUT2D eigenvalue weighted by atomic mass is 9.42. The SMILES string of the molecule is COC[C@]12CN(C)[C@@H]3[C@@H]4[C@H](OC)[C@H]1[C@@]3([C@@H](OC)C[C@H]2O)[C@@H]1C[C@@]2(O)[C@H](OC(=O)c3ccccc3)[C@@H]1[C@]4(O)[C@@H](OC)[C@@H]2OC. The number of methoxy groups -OCH3 is 5. The van der Waals surface area contributed by atoms with Crippen LogP contribution in [0.25, 0.3) is 0 Å². The highest BCUT2D eigenvalue weighted by molar-refractivity contribution is 5.89. The van der Waals surface area contributed by atoms with Crippen molar-refractivity contribution in [1.29, 1.82) is 0 Å². The van der Waals surface area contributed by atoms with Crippen molar-refractivity contribution >= 4 is 5.97 Å². The molecular formula is C32H45NO10. The molecule has 1 spiro atoms. The molecule has 0 radical (unpaired) electrons. The second kappa shape index (κ2) is 9.91.